The number of carbonyl (C=O) groups is 1. The molecule has 3 N–H and O–H groups in total. The Kier molecular flexibility index (Phi) is 8.11. The molecule has 0 saturated heterocycles. The Morgan fingerprint density at radius 3 is 2.65 bits per heavy atom. The van der Waals surface area contributed by atoms with Crippen molar-refractivity contribution in [3.63, 3.8) is 0 Å². The minimum Gasteiger partial charge on any atom is -0.396 e. The Hall–Kier alpha value is -0.650. The quantitative estimate of drug-likeness (QED) is 0.554. The molecule has 20 heavy (non-hydrogen) atoms. The molecule has 118 valence electrons. The van der Waals surface area contributed by atoms with Crippen molar-refractivity contribution in [3.05, 3.63) is 0 Å². The summed E-state index contributed by atoms with van der Waals surface area (Å²) in [4.78, 5) is 11.9. The molecule has 1 rings (SSSR count). The highest BCUT2D eigenvalue weighted by atomic mass is 16.5. The number of amides is 1. The molecular formula is C15H30N2O3. The number of aliphatic hydroxyl groups excluding tert-OH is 1. The highest BCUT2D eigenvalue weighted by Crippen LogP contribution is 2.35. The zero-order valence-corrected chi connectivity index (χ0v) is 12.9. The standard InChI is InChI=1S/C15H30N2O3/c1-13(14(19)16-9-6-10-20-2)17-11-15(12-18)7-4-3-5-8-15/h13,17-18H,3-12H2,1-2H3,(H,16,19). The van der Waals surface area contributed by atoms with Crippen LogP contribution in [-0.2, 0) is 9.53 Å². The molecule has 5 heteroatoms. The van der Waals surface area contributed by atoms with Crippen molar-refractivity contribution in [2.45, 2.75) is 51.5 Å². The van der Waals surface area contributed by atoms with E-state index in [4.69, 9.17) is 4.74 Å². The smallest absolute Gasteiger partial charge is 0.236 e. The molecule has 0 radical (unpaired) electrons. The lowest BCUT2D eigenvalue weighted by atomic mass is 9.74. The first-order valence-electron chi connectivity index (χ1n) is 7.74. The molecule has 1 unspecified atom stereocenters. The highest BCUT2D eigenvalue weighted by molar-refractivity contribution is 5.81. The Morgan fingerprint density at radius 2 is 2.05 bits per heavy atom. The fraction of sp³-hybridized carbons (Fsp3) is 0.933. The van der Waals surface area contributed by atoms with Crippen LogP contribution >= 0.6 is 0 Å². The molecule has 1 atom stereocenters. The average molecular weight is 286 g/mol. The molecule has 0 spiro atoms. The maximum Gasteiger partial charge on any atom is 0.236 e. The zero-order valence-electron chi connectivity index (χ0n) is 12.9. The third-order valence-corrected chi connectivity index (χ3v) is 4.25. The minimum atomic E-state index is -0.220. The Morgan fingerprint density at radius 1 is 1.35 bits per heavy atom. The molecule has 0 aromatic heterocycles. The highest BCUT2D eigenvalue weighted by Gasteiger charge is 2.31. The normalized spacial score (nSPS) is 19.6. The molecule has 0 aromatic carbocycles. The van der Waals surface area contributed by atoms with E-state index in [-0.39, 0.29) is 24.0 Å². The average Bonchev–Trinajstić information content (AvgIpc) is 2.50. The number of methoxy groups -OCH3 is 1. The van der Waals surface area contributed by atoms with Crippen LogP contribution in [-0.4, -0.2) is 50.5 Å². The van der Waals surface area contributed by atoms with Crippen molar-refractivity contribution in [2.24, 2.45) is 5.41 Å². The van der Waals surface area contributed by atoms with E-state index in [1.54, 1.807) is 7.11 Å². The van der Waals surface area contributed by atoms with Gasteiger partial charge in [0, 0.05) is 38.8 Å². The second kappa shape index (κ2) is 9.32. The largest absolute Gasteiger partial charge is 0.396 e. The Labute approximate surface area is 122 Å². The summed E-state index contributed by atoms with van der Waals surface area (Å²) in [6.07, 6.45) is 6.56. The van der Waals surface area contributed by atoms with E-state index in [9.17, 15) is 9.90 Å². The summed E-state index contributed by atoms with van der Waals surface area (Å²) in [5, 5.41) is 15.8. The molecule has 1 aliphatic carbocycles. The van der Waals surface area contributed by atoms with Crippen LogP contribution in [0.15, 0.2) is 0 Å². The number of hydrogen-bond donors (Lipinski definition) is 3. The van der Waals surface area contributed by atoms with E-state index in [1.165, 1.54) is 19.3 Å². The van der Waals surface area contributed by atoms with Crippen molar-refractivity contribution in [3.8, 4) is 0 Å². The van der Waals surface area contributed by atoms with Crippen molar-refractivity contribution < 1.29 is 14.6 Å². The molecule has 0 aliphatic heterocycles. The van der Waals surface area contributed by atoms with Crippen LogP contribution in [0.2, 0.25) is 0 Å². The summed E-state index contributed by atoms with van der Waals surface area (Å²) in [6, 6.07) is -0.220. The predicted molar refractivity (Wildman–Crippen MR) is 79.6 cm³/mol. The van der Waals surface area contributed by atoms with E-state index in [0.29, 0.717) is 13.2 Å². The molecule has 1 fully saturated rings. The molecule has 5 nitrogen and oxygen atoms in total. The molecule has 1 amide bonds. The number of hydrogen-bond acceptors (Lipinski definition) is 4. The maximum absolute atomic E-state index is 11.9. The van der Waals surface area contributed by atoms with Crippen LogP contribution in [0.3, 0.4) is 0 Å². The SMILES string of the molecule is COCCCNC(=O)C(C)NCC1(CO)CCCCC1. The summed E-state index contributed by atoms with van der Waals surface area (Å²) in [5.74, 6) is 0.0185. The molecule has 0 heterocycles. The second-order valence-corrected chi connectivity index (χ2v) is 5.96. The summed E-state index contributed by atoms with van der Waals surface area (Å²) >= 11 is 0. The van der Waals surface area contributed by atoms with Crippen LogP contribution < -0.4 is 10.6 Å². The van der Waals surface area contributed by atoms with Crippen molar-refractivity contribution in [2.75, 3.05) is 33.4 Å². The summed E-state index contributed by atoms with van der Waals surface area (Å²) < 4.78 is 4.94. The van der Waals surface area contributed by atoms with E-state index in [2.05, 4.69) is 10.6 Å². The van der Waals surface area contributed by atoms with Crippen LogP contribution in [0.25, 0.3) is 0 Å². The summed E-state index contributed by atoms with van der Waals surface area (Å²) in [6.45, 7) is 4.11. The van der Waals surface area contributed by atoms with Gasteiger partial charge in [0.2, 0.25) is 5.91 Å². The first-order chi connectivity index (χ1) is 9.63. The van der Waals surface area contributed by atoms with Gasteiger partial charge in [-0.15, -0.1) is 0 Å². The van der Waals surface area contributed by atoms with Crippen LogP contribution in [0.1, 0.15) is 45.4 Å². The molecule has 0 bridgehead atoms. The summed E-state index contributed by atoms with van der Waals surface area (Å²) in [7, 11) is 1.66. The summed E-state index contributed by atoms with van der Waals surface area (Å²) in [5.41, 5.74) is -0.0250. The van der Waals surface area contributed by atoms with Gasteiger partial charge < -0.3 is 20.5 Å². The topological polar surface area (TPSA) is 70.6 Å². The van der Waals surface area contributed by atoms with Gasteiger partial charge >= 0.3 is 0 Å². The first kappa shape index (κ1) is 17.4. The molecule has 0 aromatic rings. The fourth-order valence-corrected chi connectivity index (χ4v) is 2.74. The van der Waals surface area contributed by atoms with Gasteiger partial charge in [0.1, 0.15) is 0 Å². The van der Waals surface area contributed by atoms with E-state index >= 15 is 0 Å². The van der Waals surface area contributed by atoms with Gasteiger partial charge in [0.05, 0.1) is 6.04 Å². The van der Waals surface area contributed by atoms with Gasteiger partial charge in [-0.05, 0) is 26.2 Å². The van der Waals surface area contributed by atoms with E-state index < -0.39 is 0 Å². The van der Waals surface area contributed by atoms with E-state index in [1.807, 2.05) is 6.92 Å². The fourth-order valence-electron chi connectivity index (χ4n) is 2.74. The number of rotatable bonds is 9. The molecule has 1 saturated carbocycles. The lowest BCUT2D eigenvalue weighted by molar-refractivity contribution is -0.123. The van der Waals surface area contributed by atoms with Crippen LogP contribution in [0.5, 0.6) is 0 Å². The van der Waals surface area contributed by atoms with Gasteiger partial charge in [-0.25, -0.2) is 0 Å². The molecule has 1 aliphatic rings. The lowest BCUT2D eigenvalue weighted by Crippen LogP contribution is -2.48. The Bertz CT molecular complexity index is 278. The van der Waals surface area contributed by atoms with Crippen LogP contribution in [0.4, 0.5) is 0 Å². The number of aliphatic hydroxyl groups is 1. The monoisotopic (exact) mass is 286 g/mol. The van der Waals surface area contributed by atoms with Gasteiger partial charge in [-0.2, -0.15) is 0 Å². The molecular weight excluding hydrogens is 256 g/mol. The number of carbonyl (C=O) groups excluding carboxylic acids is 1. The number of nitrogens with one attached hydrogen (secondary N) is 2. The van der Waals surface area contributed by atoms with Crippen molar-refractivity contribution in [1.82, 2.24) is 10.6 Å². The minimum absolute atomic E-state index is 0.0185. The van der Waals surface area contributed by atoms with Crippen LogP contribution in [0, 0.1) is 5.41 Å². The third kappa shape index (κ3) is 5.77. The lowest BCUT2D eigenvalue weighted by Gasteiger charge is -2.36. The Balaban J connectivity index is 2.26. The zero-order chi connectivity index (χ0) is 14.8. The second-order valence-electron chi connectivity index (χ2n) is 5.96. The van der Waals surface area contributed by atoms with Gasteiger partial charge in [0.25, 0.3) is 0 Å². The van der Waals surface area contributed by atoms with Crippen molar-refractivity contribution in [1.29, 1.82) is 0 Å². The number of ether oxygens (including phenoxy) is 1. The first-order valence-corrected chi connectivity index (χ1v) is 7.74. The van der Waals surface area contributed by atoms with Crippen molar-refractivity contribution >= 4 is 5.91 Å². The predicted octanol–water partition coefficient (Wildman–Crippen LogP) is 1.06. The maximum atomic E-state index is 11.9. The third-order valence-electron chi connectivity index (χ3n) is 4.25. The van der Waals surface area contributed by atoms with Gasteiger partial charge in [0.15, 0.2) is 0 Å². The van der Waals surface area contributed by atoms with Gasteiger partial charge in [-0.3, -0.25) is 4.79 Å². The van der Waals surface area contributed by atoms with Gasteiger partial charge in [-0.1, -0.05) is 19.3 Å². The van der Waals surface area contributed by atoms with E-state index in [0.717, 1.165) is 25.8 Å².